The standard InChI is InChI=1S/CH3S5/c1-4-5-6(2)3/h1H3/q-1. The predicted octanol–water partition coefficient (Wildman–Crippen LogP) is 1.45. The molecule has 0 aromatic rings. The average Bonchev–Trinajstić information content (AvgIpc) is 1.35. The Labute approximate surface area is 56.1 Å². The molecular formula is CH3S5-. The third-order valence-electron chi connectivity index (χ3n) is 0.124. The largest absolute Gasteiger partial charge is 0.283 e. The summed E-state index contributed by atoms with van der Waals surface area (Å²) >= 11 is 9.33. The zero-order valence-electron chi connectivity index (χ0n) is 3.04. The van der Waals surface area contributed by atoms with Crippen molar-refractivity contribution in [3.63, 3.8) is 0 Å². The number of hydrogen-bond acceptors (Lipinski definition) is 5. The molecule has 0 nitrogen and oxygen atoms in total. The third kappa shape index (κ3) is 5.49. The van der Waals surface area contributed by atoms with Crippen LogP contribution in [0.1, 0.15) is 0 Å². The quantitative estimate of drug-likeness (QED) is 0.460. The van der Waals surface area contributed by atoms with Crippen LogP contribution in [0.5, 0.6) is 0 Å². The van der Waals surface area contributed by atoms with Gasteiger partial charge in [-0.3, -0.25) is 7.05 Å². The highest BCUT2D eigenvalue weighted by molar-refractivity contribution is 9.14. The summed E-state index contributed by atoms with van der Waals surface area (Å²) in [5.41, 5.74) is 0. The van der Waals surface area contributed by atoms with Crippen LogP contribution >= 0.6 is 20.6 Å². The molecule has 0 atom stereocenters. The second-order valence-electron chi connectivity index (χ2n) is 0.439. The third-order valence-corrected chi connectivity index (χ3v) is 6.34. The molecule has 0 radical (unpaired) electrons. The summed E-state index contributed by atoms with van der Waals surface area (Å²) in [6.45, 7) is 0. The van der Waals surface area contributed by atoms with Gasteiger partial charge in [-0.25, -0.2) is 22.4 Å². The Bertz CT molecular complexity index is 71.9. The molecular weight excluding hydrogens is 172 g/mol. The van der Waals surface area contributed by atoms with E-state index < -0.39 is 0 Å². The fourth-order valence-corrected chi connectivity index (χ4v) is 4.50. The Morgan fingerprint density at radius 3 is 2.00 bits per heavy atom. The van der Waals surface area contributed by atoms with Gasteiger partial charge in [0, 0.05) is 0 Å². The molecule has 0 amide bonds. The summed E-state index contributed by atoms with van der Waals surface area (Å²) in [6.07, 6.45) is 1.98. The van der Waals surface area contributed by atoms with Crippen LogP contribution in [0.4, 0.5) is 0 Å². The lowest BCUT2D eigenvalue weighted by Crippen LogP contribution is -1.45. The average molecular weight is 175 g/mol. The van der Waals surface area contributed by atoms with E-state index in [0.29, 0.717) is 0 Å². The van der Waals surface area contributed by atoms with E-state index >= 15 is 0 Å². The van der Waals surface area contributed by atoms with Gasteiger partial charge in [-0.05, 0) is 6.26 Å². The molecule has 0 N–H and O–H groups in total. The molecule has 5 heteroatoms. The normalized spacial score (nSPS) is 9.67. The summed E-state index contributed by atoms with van der Waals surface area (Å²) in [5.74, 6) is 0. The molecule has 6 heavy (non-hydrogen) atoms. The van der Waals surface area contributed by atoms with E-state index in [2.05, 4.69) is 22.4 Å². The second kappa shape index (κ2) is 4.64. The van der Waals surface area contributed by atoms with Crippen LogP contribution in [0.25, 0.3) is 0 Å². The Morgan fingerprint density at radius 1 is 1.50 bits per heavy atom. The van der Waals surface area contributed by atoms with Crippen LogP contribution in [0.2, 0.25) is 0 Å². The molecule has 0 saturated heterocycles. The molecule has 0 rings (SSSR count). The van der Waals surface area contributed by atoms with Gasteiger partial charge < -0.3 is 0 Å². The van der Waals surface area contributed by atoms with E-state index in [9.17, 15) is 0 Å². The first-order valence-corrected chi connectivity index (χ1v) is 7.22. The Kier molecular flexibility index (Phi) is 5.80. The van der Waals surface area contributed by atoms with Gasteiger partial charge in [0.05, 0.1) is 0 Å². The Balaban J connectivity index is 3.07. The lowest BCUT2D eigenvalue weighted by Gasteiger charge is -1.93. The van der Waals surface area contributed by atoms with Crippen molar-refractivity contribution in [2.24, 2.45) is 0 Å². The Hall–Kier alpha value is 1.49. The van der Waals surface area contributed by atoms with E-state index in [4.69, 9.17) is 0 Å². The van der Waals surface area contributed by atoms with Crippen LogP contribution in [-0.4, -0.2) is 6.26 Å². The summed E-state index contributed by atoms with van der Waals surface area (Å²) in [6, 6.07) is 0. The lowest BCUT2D eigenvalue weighted by molar-refractivity contribution is 2.55. The van der Waals surface area contributed by atoms with Crippen molar-refractivity contribution >= 4 is 50.0 Å². The van der Waals surface area contributed by atoms with E-state index in [-0.39, 0.29) is 7.05 Å². The van der Waals surface area contributed by atoms with Gasteiger partial charge in [0.15, 0.2) is 0 Å². The molecule has 0 fully saturated rings. The van der Waals surface area contributed by atoms with Gasteiger partial charge in [0.2, 0.25) is 0 Å². The van der Waals surface area contributed by atoms with Crippen molar-refractivity contribution in [2.45, 2.75) is 0 Å². The first-order valence-electron chi connectivity index (χ1n) is 1.07. The van der Waals surface area contributed by atoms with Crippen LogP contribution in [0, 0.1) is 0 Å². The minimum atomic E-state index is -0.269. The maximum absolute atomic E-state index is 4.66. The molecule has 0 aliphatic rings. The van der Waals surface area contributed by atoms with Gasteiger partial charge in [0.25, 0.3) is 0 Å². The topological polar surface area (TPSA) is 0 Å². The zero-order chi connectivity index (χ0) is 4.99. The molecule has 0 unspecified atom stereocenters. The van der Waals surface area contributed by atoms with Crippen LogP contribution in [-0.2, 0) is 29.4 Å². The highest BCUT2D eigenvalue weighted by atomic mass is 33.7. The smallest absolute Gasteiger partial charge is 0.00963 e. The van der Waals surface area contributed by atoms with E-state index in [0.717, 1.165) is 0 Å². The summed E-state index contributed by atoms with van der Waals surface area (Å²) < 4.78 is 0. The van der Waals surface area contributed by atoms with Crippen molar-refractivity contribution in [1.82, 2.24) is 0 Å². The fraction of sp³-hybridized carbons (Fsp3) is 1.00. The first-order chi connectivity index (χ1) is 2.77. The van der Waals surface area contributed by atoms with Crippen LogP contribution in [0.15, 0.2) is 0 Å². The molecule has 0 aliphatic heterocycles. The van der Waals surface area contributed by atoms with Gasteiger partial charge in [-0.2, -0.15) is 9.83 Å². The minimum absolute atomic E-state index is 0.269. The second-order valence-corrected chi connectivity index (χ2v) is 8.85. The van der Waals surface area contributed by atoms with Gasteiger partial charge in [-0.1, -0.05) is 0 Å². The van der Waals surface area contributed by atoms with E-state index in [1.54, 1.807) is 20.6 Å². The van der Waals surface area contributed by atoms with Crippen molar-refractivity contribution in [3.8, 4) is 0 Å². The molecule has 0 bridgehead atoms. The van der Waals surface area contributed by atoms with Crippen molar-refractivity contribution in [3.05, 3.63) is 0 Å². The fourth-order valence-electron chi connectivity index (χ4n) is 0.0556. The maximum atomic E-state index is 4.66. The Morgan fingerprint density at radius 2 is 2.00 bits per heavy atom. The van der Waals surface area contributed by atoms with Crippen molar-refractivity contribution in [2.75, 3.05) is 6.26 Å². The van der Waals surface area contributed by atoms with Crippen molar-refractivity contribution < 1.29 is 0 Å². The minimum Gasteiger partial charge on any atom is -0.283 e. The van der Waals surface area contributed by atoms with Crippen molar-refractivity contribution in [1.29, 1.82) is 0 Å². The highest BCUT2D eigenvalue weighted by Crippen LogP contribution is 2.16. The number of hydrogen-bond donors (Lipinski definition) is 0. The van der Waals surface area contributed by atoms with Gasteiger partial charge in [0.1, 0.15) is 0 Å². The van der Waals surface area contributed by atoms with Crippen LogP contribution < -0.4 is 0 Å². The summed E-state index contributed by atoms with van der Waals surface area (Å²) in [4.78, 5) is 0. The van der Waals surface area contributed by atoms with Gasteiger partial charge >= 0.3 is 0 Å². The highest BCUT2D eigenvalue weighted by Gasteiger charge is 1.56. The zero-order valence-corrected chi connectivity index (χ0v) is 7.12. The number of rotatable bonds is 2. The monoisotopic (exact) mass is 175 g/mol. The molecule has 0 aromatic carbocycles. The van der Waals surface area contributed by atoms with E-state index in [1.807, 2.05) is 6.26 Å². The SMILES string of the molecule is CSS[S-](=S)=S. The molecule has 0 aromatic heterocycles. The molecule has 0 heterocycles. The summed E-state index contributed by atoms with van der Waals surface area (Å²) in [5, 5.41) is 0. The first kappa shape index (κ1) is 7.49. The summed E-state index contributed by atoms with van der Waals surface area (Å²) in [7, 11) is 2.92. The molecule has 0 spiro atoms. The molecule has 0 saturated carbocycles. The van der Waals surface area contributed by atoms with Crippen LogP contribution in [0.3, 0.4) is 0 Å². The van der Waals surface area contributed by atoms with Gasteiger partial charge in [-0.15, -0.1) is 10.8 Å². The molecule has 0 aliphatic carbocycles. The van der Waals surface area contributed by atoms with E-state index in [1.165, 1.54) is 0 Å². The predicted molar refractivity (Wildman–Crippen MR) is 43.2 cm³/mol. The molecule has 38 valence electrons. The lowest BCUT2D eigenvalue weighted by atomic mass is 12.0. The maximum Gasteiger partial charge on any atom is -0.00963 e.